The van der Waals surface area contributed by atoms with Crippen LogP contribution < -0.4 is 0 Å². The van der Waals surface area contributed by atoms with Gasteiger partial charge < -0.3 is 0 Å². The van der Waals surface area contributed by atoms with Crippen LogP contribution in [0.15, 0.2) is 148 Å². The minimum Gasteiger partial charge on any atom is -0.0984 e. The van der Waals surface area contributed by atoms with Crippen LogP contribution in [0.5, 0.6) is 0 Å². The molecule has 0 radical (unpaired) electrons. The molecule has 0 fully saturated rings. The Hall–Kier alpha value is -5.46. The largest absolute Gasteiger partial charge is 0.0984 e. The molecule has 6 aromatic rings. The van der Waals surface area contributed by atoms with Gasteiger partial charge in [0.15, 0.2) is 0 Å². The lowest BCUT2D eigenvalue weighted by Crippen LogP contribution is -1.99. The zero-order valence-electron chi connectivity index (χ0n) is 23.7. The first-order chi connectivity index (χ1) is 20.7. The Morgan fingerprint density at radius 2 is 0.905 bits per heavy atom. The molecule has 0 atom stereocenters. The van der Waals surface area contributed by atoms with Crippen molar-refractivity contribution in [2.24, 2.45) is 0 Å². The number of rotatable bonds is 8. The van der Waals surface area contributed by atoms with Gasteiger partial charge in [-0.25, -0.2) is 0 Å². The van der Waals surface area contributed by atoms with Crippen LogP contribution in [0.2, 0.25) is 0 Å². The van der Waals surface area contributed by atoms with Crippen LogP contribution in [0.3, 0.4) is 0 Å². The van der Waals surface area contributed by atoms with E-state index < -0.39 is 0 Å². The lowest BCUT2D eigenvalue weighted by atomic mass is 9.80. The summed E-state index contributed by atoms with van der Waals surface area (Å²) in [6, 6.07) is 43.0. The van der Waals surface area contributed by atoms with Crippen LogP contribution in [-0.4, -0.2) is 0 Å². The molecule has 0 spiro atoms. The fraction of sp³-hybridized carbons (Fsp3) is 0. The van der Waals surface area contributed by atoms with Gasteiger partial charge >= 0.3 is 0 Å². The predicted molar refractivity (Wildman–Crippen MR) is 186 cm³/mol. The third-order valence-corrected chi connectivity index (χ3v) is 8.02. The second kappa shape index (κ2) is 11.6. The molecule has 0 aromatic heterocycles. The van der Waals surface area contributed by atoms with Crippen LogP contribution in [0.4, 0.5) is 0 Å². The minimum atomic E-state index is 1.05. The number of hydrogen-bond donors (Lipinski definition) is 0. The molecule has 0 saturated heterocycles. The Bertz CT molecular complexity index is 1970. The second-order valence-electron chi connectivity index (χ2n) is 10.2. The summed E-state index contributed by atoms with van der Waals surface area (Å²) in [4.78, 5) is 0. The molecule has 0 aliphatic carbocycles. The standard InChI is InChI=1S/C42H32/c1-5-29-22-17-25-36(33(29)6-2)41-34(7-3)35(8-4)42(38-24-16-15-23-37(38)41)39-27-26-32(30-18-11-9-12-19-30)28-40(39)31-20-13-10-14-21-31/h5-28H,1-4H2. The monoisotopic (exact) mass is 536 g/mol. The van der Waals surface area contributed by atoms with E-state index in [1.54, 1.807) is 0 Å². The zero-order valence-corrected chi connectivity index (χ0v) is 23.7. The highest BCUT2D eigenvalue weighted by atomic mass is 14.2. The predicted octanol–water partition coefficient (Wildman–Crippen LogP) is 12.1. The summed E-state index contributed by atoms with van der Waals surface area (Å²) < 4.78 is 0. The van der Waals surface area contributed by atoms with Crippen molar-refractivity contribution in [2.75, 3.05) is 0 Å². The molecular formula is C42H32. The van der Waals surface area contributed by atoms with E-state index in [1.807, 2.05) is 24.3 Å². The Labute approximate surface area is 249 Å². The van der Waals surface area contributed by atoms with Gasteiger partial charge in [-0.05, 0) is 83.6 Å². The molecule has 0 N–H and O–H groups in total. The molecule has 0 heterocycles. The summed E-state index contributed by atoms with van der Waals surface area (Å²) in [6.07, 6.45) is 7.76. The third-order valence-electron chi connectivity index (χ3n) is 8.02. The van der Waals surface area contributed by atoms with Gasteiger partial charge in [-0.3, -0.25) is 0 Å². The van der Waals surface area contributed by atoms with Gasteiger partial charge in [-0.2, -0.15) is 0 Å². The van der Waals surface area contributed by atoms with Crippen molar-refractivity contribution >= 4 is 35.1 Å². The molecule has 6 aromatic carbocycles. The molecule has 0 aliphatic heterocycles. The van der Waals surface area contributed by atoms with Crippen LogP contribution in [-0.2, 0) is 0 Å². The van der Waals surface area contributed by atoms with E-state index in [1.165, 1.54) is 22.3 Å². The number of hydrogen-bond acceptors (Lipinski definition) is 0. The molecule has 0 saturated carbocycles. The summed E-state index contributed by atoms with van der Waals surface area (Å²) in [5.41, 5.74) is 13.5. The van der Waals surface area contributed by atoms with Crippen molar-refractivity contribution in [3.05, 3.63) is 170 Å². The smallest absolute Gasteiger partial charge is 0.00203 e. The first kappa shape index (κ1) is 26.7. The van der Waals surface area contributed by atoms with E-state index in [2.05, 4.69) is 148 Å². The topological polar surface area (TPSA) is 0 Å². The van der Waals surface area contributed by atoms with Gasteiger partial charge in [0.05, 0.1) is 0 Å². The van der Waals surface area contributed by atoms with E-state index in [4.69, 9.17) is 0 Å². The van der Waals surface area contributed by atoms with Crippen LogP contribution in [0.1, 0.15) is 22.3 Å². The van der Waals surface area contributed by atoms with Gasteiger partial charge in [-0.15, -0.1) is 0 Å². The van der Waals surface area contributed by atoms with Gasteiger partial charge in [0.1, 0.15) is 0 Å². The lowest BCUT2D eigenvalue weighted by Gasteiger charge is -2.23. The maximum Gasteiger partial charge on any atom is -0.00203 e. The SMILES string of the molecule is C=Cc1cccc(-c2c(C=C)c(C=C)c(-c3ccc(-c4ccccc4)cc3-c3ccccc3)c3ccccc23)c1C=C. The number of fused-ring (bicyclic) bond motifs is 1. The third kappa shape index (κ3) is 4.54. The Kier molecular flexibility index (Phi) is 7.37. The first-order valence-electron chi connectivity index (χ1n) is 14.2. The molecule has 0 amide bonds. The van der Waals surface area contributed by atoms with Crippen molar-refractivity contribution in [1.29, 1.82) is 0 Å². The molecule has 0 bridgehead atoms. The lowest BCUT2D eigenvalue weighted by molar-refractivity contribution is 1.54. The average molecular weight is 537 g/mol. The fourth-order valence-electron chi connectivity index (χ4n) is 6.12. The maximum absolute atomic E-state index is 4.33. The molecule has 0 heteroatoms. The first-order valence-corrected chi connectivity index (χ1v) is 14.2. The average Bonchev–Trinajstić information content (AvgIpc) is 3.07. The molecule has 0 aliphatic rings. The highest BCUT2D eigenvalue weighted by Gasteiger charge is 2.22. The molecule has 6 rings (SSSR count). The summed E-state index contributed by atoms with van der Waals surface area (Å²) in [5, 5.41) is 2.32. The minimum absolute atomic E-state index is 1.05. The van der Waals surface area contributed by atoms with E-state index in [0.717, 1.165) is 55.3 Å². The summed E-state index contributed by atoms with van der Waals surface area (Å²) >= 11 is 0. The van der Waals surface area contributed by atoms with E-state index in [9.17, 15) is 0 Å². The highest BCUT2D eigenvalue weighted by molar-refractivity contribution is 6.14. The summed E-state index contributed by atoms with van der Waals surface area (Å²) in [7, 11) is 0. The Morgan fingerprint density at radius 1 is 0.357 bits per heavy atom. The van der Waals surface area contributed by atoms with Crippen molar-refractivity contribution < 1.29 is 0 Å². The van der Waals surface area contributed by atoms with Crippen molar-refractivity contribution in [2.45, 2.75) is 0 Å². The summed E-state index contributed by atoms with van der Waals surface area (Å²) in [5.74, 6) is 0. The quantitative estimate of drug-likeness (QED) is 0.181. The molecule has 42 heavy (non-hydrogen) atoms. The molecule has 0 unspecified atom stereocenters. The second-order valence-corrected chi connectivity index (χ2v) is 10.2. The molecule has 0 nitrogen and oxygen atoms in total. The van der Waals surface area contributed by atoms with Gasteiger partial charge in [-0.1, -0.05) is 166 Å². The van der Waals surface area contributed by atoms with Crippen molar-refractivity contribution in [1.82, 2.24) is 0 Å². The van der Waals surface area contributed by atoms with E-state index in [-0.39, 0.29) is 0 Å². The van der Waals surface area contributed by atoms with Crippen LogP contribution in [0, 0.1) is 0 Å². The van der Waals surface area contributed by atoms with Crippen LogP contribution in [0.25, 0.3) is 79.6 Å². The fourth-order valence-corrected chi connectivity index (χ4v) is 6.12. The zero-order chi connectivity index (χ0) is 29.1. The van der Waals surface area contributed by atoms with Gasteiger partial charge in [0, 0.05) is 0 Å². The maximum atomic E-state index is 4.33. The van der Waals surface area contributed by atoms with E-state index in [0.29, 0.717) is 0 Å². The van der Waals surface area contributed by atoms with Gasteiger partial charge in [0.2, 0.25) is 0 Å². The van der Waals surface area contributed by atoms with Crippen molar-refractivity contribution in [3.63, 3.8) is 0 Å². The Morgan fingerprint density at radius 3 is 1.48 bits per heavy atom. The normalized spacial score (nSPS) is 10.8. The highest BCUT2D eigenvalue weighted by Crippen LogP contribution is 2.47. The van der Waals surface area contributed by atoms with Gasteiger partial charge in [0.25, 0.3) is 0 Å². The van der Waals surface area contributed by atoms with Crippen LogP contribution >= 0.6 is 0 Å². The number of benzene rings is 6. The van der Waals surface area contributed by atoms with E-state index >= 15 is 0 Å². The Balaban J connectivity index is 1.75. The van der Waals surface area contributed by atoms with Crippen molar-refractivity contribution in [3.8, 4) is 44.5 Å². The molecule has 200 valence electrons. The molecular weight excluding hydrogens is 504 g/mol. The summed E-state index contributed by atoms with van der Waals surface area (Å²) in [6.45, 7) is 16.8.